The van der Waals surface area contributed by atoms with Crippen LogP contribution in [0.3, 0.4) is 0 Å². The molecule has 0 atom stereocenters. The third-order valence-corrected chi connectivity index (χ3v) is 8.58. The van der Waals surface area contributed by atoms with Crippen LogP contribution in [-0.2, 0) is 20.5 Å². The summed E-state index contributed by atoms with van der Waals surface area (Å²) in [6, 6.07) is 3.13. The zero-order chi connectivity index (χ0) is 18.1. The second-order valence-electron chi connectivity index (χ2n) is 6.39. The smallest absolute Gasteiger partial charge is 0.360 e. The molecule has 0 radical (unpaired) electrons. The molecule has 0 spiro atoms. The average molecular weight is 370 g/mol. The van der Waals surface area contributed by atoms with E-state index in [1.807, 2.05) is 13.8 Å². The lowest BCUT2D eigenvalue weighted by Crippen LogP contribution is -2.46. The molecule has 1 aliphatic rings. The van der Waals surface area contributed by atoms with Crippen LogP contribution in [0.15, 0.2) is 17.0 Å². The fraction of sp³-hybridized carbons (Fsp3) is 0.562. The predicted octanol–water partition coefficient (Wildman–Crippen LogP) is 2.33. The van der Waals surface area contributed by atoms with Gasteiger partial charge in [0.1, 0.15) is 0 Å². The summed E-state index contributed by atoms with van der Waals surface area (Å²) in [6.45, 7) is 5.36. The maximum atomic E-state index is 13.1. The number of hydrogen-bond acceptors (Lipinski definition) is 4. The van der Waals surface area contributed by atoms with E-state index in [-0.39, 0.29) is 17.7 Å². The van der Waals surface area contributed by atoms with Crippen molar-refractivity contribution in [1.29, 1.82) is 0 Å². The molecule has 132 valence electrons. The highest BCUT2D eigenvalue weighted by atomic mass is 32.2. The van der Waals surface area contributed by atoms with Gasteiger partial charge in [-0.15, -0.1) is 0 Å². The summed E-state index contributed by atoms with van der Waals surface area (Å²) in [6.07, 6.45) is 2.34. The van der Waals surface area contributed by atoms with Crippen molar-refractivity contribution in [2.24, 2.45) is 0 Å². The zero-order valence-corrected chi connectivity index (χ0v) is 15.8. The van der Waals surface area contributed by atoms with Gasteiger partial charge < -0.3 is 5.53 Å². The molecule has 0 aromatic heterocycles. The Bertz CT molecular complexity index is 881. The van der Waals surface area contributed by atoms with Crippen LogP contribution in [-0.4, -0.2) is 31.4 Å². The van der Waals surface area contributed by atoms with Crippen molar-refractivity contribution in [3.63, 3.8) is 0 Å². The minimum absolute atomic E-state index is 0.000184. The summed E-state index contributed by atoms with van der Waals surface area (Å²) in [5.41, 5.74) is 11.7. The van der Waals surface area contributed by atoms with E-state index in [0.717, 1.165) is 17.5 Å². The lowest BCUT2D eigenvalue weighted by molar-refractivity contribution is -0.00740. The molecule has 0 aliphatic heterocycles. The fourth-order valence-electron chi connectivity index (χ4n) is 3.33. The van der Waals surface area contributed by atoms with Gasteiger partial charge in [0.05, 0.1) is 4.90 Å². The van der Waals surface area contributed by atoms with Crippen molar-refractivity contribution in [2.45, 2.75) is 62.5 Å². The van der Waals surface area contributed by atoms with Gasteiger partial charge in [-0.25, -0.2) is 16.8 Å². The van der Waals surface area contributed by atoms with Crippen molar-refractivity contribution in [1.82, 2.24) is 0 Å². The first-order valence-electron chi connectivity index (χ1n) is 7.87. The van der Waals surface area contributed by atoms with Gasteiger partial charge in [0, 0.05) is 0 Å². The summed E-state index contributed by atoms with van der Waals surface area (Å²) in [7, 11) is -7.30. The Balaban J connectivity index is 2.70. The normalized spacial score (nSPS) is 17.5. The van der Waals surface area contributed by atoms with Crippen molar-refractivity contribution < 1.29 is 21.6 Å². The first-order valence-corrected chi connectivity index (χ1v) is 10.5. The molecular weight excluding hydrogens is 348 g/mol. The molecule has 24 heavy (non-hydrogen) atoms. The summed E-state index contributed by atoms with van der Waals surface area (Å²) >= 11 is 0. The molecule has 0 N–H and O–H groups in total. The van der Waals surface area contributed by atoms with Crippen LogP contribution in [0.25, 0.3) is 5.53 Å². The SMILES string of the molecule is Cc1ccc(S(=O)(=O)C(=[N+]=[N-])C2([SH](=O)=O)CCCCC2)c(C)c1C. The predicted molar refractivity (Wildman–Crippen MR) is 92.6 cm³/mol. The zero-order valence-electron chi connectivity index (χ0n) is 14.1. The highest BCUT2D eigenvalue weighted by Gasteiger charge is 2.54. The number of rotatable bonds is 3. The van der Waals surface area contributed by atoms with E-state index in [1.165, 1.54) is 6.07 Å². The third kappa shape index (κ3) is 2.94. The number of thiol groups is 1. The highest BCUT2D eigenvalue weighted by Crippen LogP contribution is 2.36. The topological polar surface area (TPSA) is 105 Å². The maximum Gasteiger partial charge on any atom is 0.406 e. The van der Waals surface area contributed by atoms with Crippen molar-refractivity contribution in [2.75, 3.05) is 0 Å². The molecule has 1 aromatic rings. The van der Waals surface area contributed by atoms with Crippen LogP contribution < -0.4 is 0 Å². The second-order valence-corrected chi connectivity index (χ2v) is 9.59. The van der Waals surface area contributed by atoms with E-state index in [1.54, 1.807) is 13.0 Å². The Hall–Kier alpha value is -1.50. The van der Waals surface area contributed by atoms with Gasteiger partial charge in [-0.1, -0.05) is 25.3 Å². The standard InChI is InChI=1S/C16H22N2O4S2/c1-11-7-8-14(13(3)12(11)2)24(21,22)15(18-17)16(23(19)20)9-5-4-6-10-16/h7-8,23H,4-6,9-10H2,1-3H3. The molecule has 0 heterocycles. The Morgan fingerprint density at radius 1 is 1.08 bits per heavy atom. The Morgan fingerprint density at radius 2 is 1.67 bits per heavy atom. The van der Waals surface area contributed by atoms with Crippen molar-refractivity contribution in [3.8, 4) is 0 Å². The molecule has 1 saturated carbocycles. The maximum absolute atomic E-state index is 13.1. The van der Waals surface area contributed by atoms with Gasteiger partial charge in [-0.2, -0.15) is 4.79 Å². The molecule has 1 aliphatic carbocycles. The van der Waals surface area contributed by atoms with E-state index in [0.29, 0.717) is 18.4 Å². The van der Waals surface area contributed by atoms with Crippen molar-refractivity contribution in [3.05, 3.63) is 34.4 Å². The van der Waals surface area contributed by atoms with Gasteiger partial charge >= 0.3 is 5.04 Å². The number of benzene rings is 1. The lowest BCUT2D eigenvalue weighted by atomic mass is 9.89. The van der Waals surface area contributed by atoms with Gasteiger partial charge in [-0.3, -0.25) is 0 Å². The Kier molecular flexibility index (Phi) is 5.32. The first-order chi connectivity index (χ1) is 11.2. The van der Waals surface area contributed by atoms with E-state index in [4.69, 9.17) is 0 Å². The van der Waals surface area contributed by atoms with Crippen LogP contribution in [0.4, 0.5) is 0 Å². The van der Waals surface area contributed by atoms with Gasteiger partial charge in [0.2, 0.25) is 0 Å². The minimum Gasteiger partial charge on any atom is -0.360 e. The molecular formula is C16H22N2O4S2. The molecule has 0 bridgehead atoms. The average Bonchev–Trinajstić information content (AvgIpc) is 2.53. The van der Waals surface area contributed by atoms with E-state index in [2.05, 4.69) is 4.79 Å². The number of aryl methyl sites for hydroxylation is 1. The Labute approximate surface area is 144 Å². The lowest BCUT2D eigenvalue weighted by Gasteiger charge is -2.27. The van der Waals surface area contributed by atoms with Gasteiger partial charge in [0.25, 0.3) is 9.84 Å². The number of hydrogen-bond donors (Lipinski definition) is 1. The molecule has 2 rings (SSSR count). The molecule has 1 fully saturated rings. The molecule has 8 heteroatoms. The summed E-state index contributed by atoms with van der Waals surface area (Å²) in [4.78, 5) is 2.99. The fourth-order valence-corrected chi connectivity index (χ4v) is 6.62. The minimum atomic E-state index is -4.21. The molecule has 0 unspecified atom stereocenters. The summed E-state index contributed by atoms with van der Waals surface area (Å²) in [5, 5.41) is -0.642. The largest absolute Gasteiger partial charge is 0.406 e. The number of sulfone groups is 1. The van der Waals surface area contributed by atoms with Crippen LogP contribution in [0, 0.1) is 20.8 Å². The molecule has 0 saturated heterocycles. The van der Waals surface area contributed by atoms with E-state index >= 15 is 0 Å². The molecule has 0 amide bonds. The molecule has 6 nitrogen and oxygen atoms in total. The Morgan fingerprint density at radius 3 is 2.17 bits per heavy atom. The summed E-state index contributed by atoms with van der Waals surface area (Å²) in [5.74, 6) is 0. The van der Waals surface area contributed by atoms with Gasteiger partial charge in [0.15, 0.2) is 15.5 Å². The van der Waals surface area contributed by atoms with Crippen molar-refractivity contribution >= 4 is 25.6 Å². The van der Waals surface area contributed by atoms with Crippen LogP contribution in [0.5, 0.6) is 0 Å². The third-order valence-electron chi connectivity index (χ3n) is 5.07. The van der Waals surface area contributed by atoms with E-state index < -0.39 is 30.3 Å². The summed E-state index contributed by atoms with van der Waals surface area (Å²) < 4.78 is 48.5. The highest BCUT2D eigenvalue weighted by molar-refractivity contribution is 8.07. The quantitative estimate of drug-likeness (QED) is 0.290. The number of nitrogens with zero attached hydrogens (tertiary/aromatic N) is 2. The second kappa shape index (κ2) is 6.78. The van der Waals surface area contributed by atoms with Crippen LogP contribution >= 0.6 is 0 Å². The van der Waals surface area contributed by atoms with Gasteiger partial charge in [-0.05, 0) is 56.4 Å². The monoisotopic (exact) mass is 370 g/mol. The van der Waals surface area contributed by atoms with Crippen LogP contribution in [0.2, 0.25) is 0 Å². The van der Waals surface area contributed by atoms with E-state index in [9.17, 15) is 22.4 Å². The van der Waals surface area contributed by atoms with Crippen LogP contribution in [0.1, 0.15) is 48.8 Å². The molecule has 1 aromatic carbocycles. The first kappa shape index (κ1) is 18.8.